The zero-order valence-corrected chi connectivity index (χ0v) is 11.0. The van der Waals surface area contributed by atoms with Gasteiger partial charge in [0.15, 0.2) is 0 Å². The summed E-state index contributed by atoms with van der Waals surface area (Å²) in [6.45, 7) is 7.06. The van der Waals surface area contributed by atoms with Gasteiger partial charge in [0.25, 0.3) is 0 Å². The van der Waals surface area contributed by atoms with Crippen LogP contribution in [0.4, 0.5) is 0 Å². The second kappa shape index (κ2) is 8.48. The van der Waals surface area contributed by atoms with Crippen LogP contribution in [0.3, 0.4) is 0 Å². The molecule has 0 aromatic heterocycles. The number of esters is 1. The van der Waals surface area contributed by atoms with Crippen molar-refractivity contribution in [2.24, 2.45) is 11.8 Å². The molecule has 1 saturated carbocycles. The van der Waals surface area contributed by atoms with Gasteiger partial charge in [-0.2, -0.15) is 0 Å². The number of hydrogen-bond acceptors (Lipinski definition) is 4. The van der Waals surface area contributed by atoms with Crippen molar-refractivity contribution in [3.8, 4) is 0 Å². The molecule has 4 heteroatoms. The van der Waals surface area contributed by atoms with Crippen LogP contribution < -0.4 is 5.32 Å². The van der Waals surface area contributed by atoms with E-state index in [0.717, 1.165) is 24.9 Å². The fourth-order valence-corrected chi connectivity index (χ4v) is 2.32. The Morgan fingerprint density at radius 2 is 2.24 bits per heavy atom. The lowest BCUT2D eigenvalue weighted by Gasteiger charge is -2.15. The summed E-state index contributed by atoms with van der Waals surface area (Å²) in [6.07, 6.45) is 4.08. The fraction of sp³-hybridized carbons (Fsp3) is 0.923. The van der Waals surface area contributed by atoms with E-state index in [1.165, 1.54) is 19.3 Å². The van der Waals surface area contributed by atoms with Crippen LogP contribution in [0.5, 0.6) is 0 Å². The smallest absolute Gasteiger partial charge is 0.332 e. The van der Waals surface area contributed by atoms with Gasteiger partial charge in [0.05, 0.1) is 13.2 Å². The van der Waals surface area contributed by atoms with Crippen LogP contribution in [0.2, 0.25) is 0 Å². The van der Waals surface area contributed by atoms with Gasteiger partial charge in [0.2, 0.25) is 0 Å². The van der Waals surface area contributed by atoms with E-state index < -0.39 is 0 Å². The molecule has 4 nitrogen and oxygen atoms in total. The van der Waals surface area contributed by atoms with Crippen molar-refractivity contribution >= 4 is 5.97 Å². The van der Waals surface area contributed by atoms with E-state index >= 15 is 0 Å². The molecule has 100 valence electrons. The molecule has 17 heavy (non-hydrogen) atoms. The topological polar surface area (TPSA) is 47.6 Å². The predicted molar refractivity (Wildman–Crippen MR) is 66.8 cm³/mol. The zero-order chi connectivity index (χ0) is 12.5. The summed E-state index contributed by atoms with van der Waals surface area (Å²) in [4.78, 5) is 11.0. The minimum absolute atomic E-state index is 0.0648. The summed E-state index contributed by atoms with van der Waals surface area (Å²) in [6, 6.07) is 0. The van der Waals surface area contributed by atoms with Crippen LogP contribution in [0, 0.1) is 11.8 Å². The minimum atomic E-state index is -0.281. The average Bonchev–Trinajstić information content (AvgIpc) is 2.70. The summed E-state index contributed by atoms with van der Waals surface area (Å²) in [5, 5.41) is 3.39. The van der Waals surface area contributed by atoms with Crippen molar-refractivity contribution in [3.63, 3.8) is 0 Å². The number of ether oxygens (including phenoxy) is 2. The van der Waals surface area contributed by atoms with Gasteiger partial charge >= 0.3 is 5.97 Å². The highest BCUT2D eigenvalue weighted by atomic mass is 16.6. The van der Waals surface area contributed by atoms with Crippen LogP contribution in [0.1, 0.15) is 33.1 Å². The molecule has 0 aromatic carbocycles. The molecule has 1 aliphatic carbocycles. The molecular weight excluding hydrogens is 218 g/mol. The van der Waals surface area contributed by atoms with Crippen LogP contribution >= 0.6 is 0 Å². The van der Waals surface area contributed by atoms with Gasteiger partial charge in [-0.3, -0.25) is 0 Å². The van der Waals surface area contributed by atoms with Crippen molar-refractivity contribution in [2.45, 2.75) is 33.1 Å². The van der Waals surface area contributed by atoms with Gasteiger partial charge in [-0.15, -0.1) is 0 Å². The summed E-state index contributed by atoms with van der Waals surface area (Å²) >= 11 is 0. The highest BCUT2D eigenvalue weighted by molar-refractivity contribution is 5.70. The highest BCUT2D eigenvalue weighted by Crippen LogP contribution is 2.30. The fourth-order valence-electron chi connectivity index (χ4n) is 2.32. The first-order valence-corrected chi connectivity index (χ1v) is 6.68. The molecule has 1 fully saturated rings. The Morgan fingerprint density at radius 3 is 2.88 bits per heavy atom. The van der Waals surface area contributed by atoms with Crippen LogP contribution in [0.25, 0.3) is 0 Å². The number of carbonyl (C=O) groups excluding carboxylic acids is 1. The Bertz CT molecular complexity index is 221. The molecule has 1 rings (SSSR count). The van der Waals surface area contributed by atoms with Gasteiger partial charge in [-0.05, 0) is 31.7 Å². The number of nitrogens with one attached hydrogen (secondary N) is 1. The lowest BCUT2D eigenvalue weighted by Crippen LogP contribution is -2.28. The van der Waals surface area contributed by atoms with Crippen LogP contribution in [-0.2, 0) is 14.3 Å². The summed E-state index contributed by atoms with van der Waals surface area (Å²) < 4.78 is 9.96. The normalized spacial score (nSPS) is 23.9. The molecule has 0 aromatic rings. The third-order valence-electron chi connectivity index (χ3n) is 3.39. The molecule has 0 spiro atoms. The second-order valence-corrected chi connectivity index (χ2v) is 4.73. The molecule has 1 N–H and O–H groups in total. The summed E-state index contributed by atoms with van der Waals surface area (Å²) in [5.41, 5.74) is 0. The van der Waals surface area contributed by atoms with Gasteiger partial charge in [-0.25, -0.2) is 4.79 Å². The minimum Gasteiger partial charge on any atom is -0.464 e. The molecule has 0 aliphatic heterocycles. The molecule has 0 amide bonds. The lowest BCUT2D eigenvalue weighted by atomic mass is 9.98. The zero-order valence-electron chi connectivity index (χ0n) is 11.0. The van der Waals surface area contributed by atoms with Gasteiger partial charge in [-0.1, -0.05) is 19.8 Å². The molecular formula is C13H25NO3. The summed E-state index contributed by atoms with van der Waals surface area (Å²) in [7, 11) is 0. The van der Waals surface area contributed by atoms with E-state index in [0.29, 0.717) is 13.2 Å². The lowest BCUT2D eigenvalue weighted by molar-refractivity contribution is -0.148. The van der Waals surface area contributed by atoms with Gasteiger partial charge in [0.1, 0.15) is 6.61 Å². The Hall–Kier alpha value is -0.610. The Kier molecular flexibility index (Phi) is 7.21. The molecule has 0 radical (unpaired) electrons. The third-order valence-corrected chi connectivity index (χ3v) is 3.39. The Labute approximate surface area is 104 Å². The van der Waals surface area contributed by atoms with Crippen molar-refractivity contribution in [3.05, 3.63) is 0 Å². The van der Waals surface area contributed by atoms with E-state index in [9.17, 15) is 4.79 Å². The van der Waals surface area contributed by atoms with Crippen LogP contribution in [-0.4, -0.2) is 38.9 Å². The number of rotatable bonds is 8. The van der Waals surface area contributed by atoms with Gasteiger partial charge in [0, 0.05) is 6.54 Å². The maximum absolute atomic E-state index is 11.0. The maximum Gasteiger partial charge on any atom is 0.332 e. The number of carbonyl (C=O) groups is 1. The van der Waals surface area contributed by atoms with E-state index in [4.69, 9.17) is 9.47 Å². The quantitative estimate of drug-likeness (QED) is 0.519. The van der Waals surface area contributed by atoms with E-state index in [1.54, 1.807) is 6.92 Å². The van der Waals surface area contributed by atoms with Crippen molar-refractivity contribution < 1.29 is 14.3 Å². The standard InChI is InChI=1S/C13H25NO3/c1-3-17-13(15)10-16-8-7-14-9-12-6-4-5-11(12)2/h11-12,14H,3-10H2,1-2H3. The molecule has 0 heterocycles. The molecule has 1 aliphatic rings. The Morgan fingerprint density at radius 1 is 1.41 bits per heavy atom. The number of hydrogen-bond donors (Lipinski definition) is 1. The Balaban J connectivity index is 1.89. The summed E-state index contributed by atoms with van der Waals surface area (Å²) in [5.74, 6) is 1.39. The average molecular weight is 243 g/mol. The molecule has 0 saturated heterocycles. The molecule has 2 unspecified atom stereocenters. The van der Waals surface area contributed by atoms with Gasteiger partial charge < -0.3 is 14.8 Å². The van der Waals surface area contributed by atoms with Crippen molar-refractivity contribution in [1.29, 1.82) is 0 Å². The second-order valence-electron chi connectivity index (χ2n) is 4.73. The van der Waals surface area contributed by atoms with E-state index in [2.05, 4.69) is 12.2 Å². The van der Waals surface area contributed by atoms with Crippen molar-refractivity contribution in [2.75, 3.05) is 32.9 Å². The maximum atomic E-state index is 11.0. The predicted octanol–water partition coefficient (Wildman–Crippen LogP) is 1.59. The van der Waals surface area contributed by atoms with Crippen molar-refractivity contribution in [1.82, 2.24) is 5.32 Å². The first kappa shape index (κ1) is 14.5. The first-order valence-electron chi connectivity index (χ1n) is 6.68. The monoisotopic (exact) mass is 243 g/mol. The van der Waals surface area contributed by atoms with E-state index in [1.807, 2.05) is 0 Å². The highest BCUT2D eigenvalue weighted by Gasteiger charge is 2.22. The van der Waals surface area contributed by atoms with E-state index in [-0.39, 0.29) is 12.6 Å². The largest absolute Gasteiger partial charge is 0.464 e. The third kappa shape index (κ3) is 6.03. The molecule has 2 atom stereocenters. The first-order chi connectivity index (χ1) is 8.24. The molecule has 0 bridgehead atoms. The SMILES string of the molecule is CCOC(=O)COCCNCC1CCCC1C. The van der Waals surface area contributed by atoms with Crippen LogP contribution in [0.15, 0.2) is 0 Å².